The van der Waals surface area contributed by atoms with Crippen LogP contribution in [0.15, 0.2) is 29.1 Å². The highest BCUT2D eigenvalue weighted by atomic mass is 32.1. The Kier molecular flexibility index (Phi) is 4.18. The fraction of sp³-hybridized carbons (Fsp3) is 0.154. The van der Waals surface area contributed by atoms with Gasteiger partial charge in [-0.1, -0.05) is 11.3 Å². The molecule has 0 atom stereocenters. The van der Waals surface area contributed by atoms with Crippen molar-refractivity contribution >= 4 is 28.9 Å². The molecule has 0 unspecified atom stereocenters. The van der Waals surface area contributed by atoms with Crippen LogP contribution in [0.3, 0.4) is 0 Å². The Morgan fingerprint density at radius 3 is 2.48 bits per heavy atom. The summed E-state index contributed by atoms with van der Waals surface area (Å²) in [7, 11) is 0. The molecule has 1 aromatic heterocycles. The zero-order valence-electron chi connectivity index (χ0n) is 10.9. The Morgan fingerprint density at radius 2 is 1.95 bits per heavy atom. The van der Waals surface area contributed by atoms with E-state index in [9.17, 15) is 18.8 Å². The molecule has 0 bridgehead atoms. The standard InChI is InChI=1S/C13H11FN2O4S/c1-7-11(12(18)19)21-13(20)16(7)6-10(17)15-9-4-2-8(14)3-5-9/h2-5H,6H2,1H3,(H,15,17)(H,18,19). The molecular weight excluding hydrogens is 299 g/mol. The third-order valence-corrected chi connectivity index (χ3v) is 3.84. The van der Waals surface area contributed by atoms with Crippen molar-refractivity contribution in [1.82, 2.24) is 4.57 Å². The SMILES string of the molecule is Cc1c(C(=O)O)sc(=O)n1CC(=O)Nc1ccc(F)cc1. The average molecular weight is 310 g/mol. The lowest BCUT2D eigenvalue weighted by atomic mass is 10.3. The van der Waals surface area contributed by atoms with Gasteiger partial charge in [-0.25, -0.2) is 9.18 Å². The maximum absolute atomic E-state index is 12.7. The second kappa shape index (κ2) is 5.88. The summed E-state index contributed by atoms with van der Waals surface area (Å²) >= 11 is 0.578. The van der Waals surface area contributed by atoms with E-state index in [1.807, 2.05) is 0 Å². The van der Waals surface area contributed by atoms with Crippen LogP contribution in [0.5, 0.6) is 0 Å². The first-order valence-electron chi connectivity index (χ1n) is 5.87. The van der Waals surface area contributed by atoms with E-state index < -0.39 is 22.6 Å². The zero-order chi connectivity index (χ0) is 15.6. The molecule has 0 aliphatic heterocycles. The predicted octanol–water partition coefficient (Wildman–Crippen LogP) is 1.69. The van der Waals surface area contributed by atoms with Crippen LogP contribution in [-0.4, -0.2) is 21.6 Å². The van der Waals surface area contributed by atoms with Gasteiger partial charge in [-0.15, -0.1) is 0 Å². The second-order valence-corrected chi connectivity index (χ2v) is 5.19. The molecule has 1 amide bonds. The first kappa shape index (κ1) is 14.9. The van der Waals surface area contributed by atoms with E-state index in [0.717, 1.165) is 4.57 Å². The molecule has 8 heteroatoms. The van der Waals surface area contributed by atoms with Crippen LogP contribution in [-0.2, 0) is 11.3 Å². The largest absolute Gasteiger partial charge is 0.477 e. The molecule has 2 rings (SSSR count). The monoisotopic (exact) mass is 310 g/mol. The number of nitrogens with zero attached hydrogens (tertiary/aromatic N) is 1. The van der Waals surface area contributed by atoms with E-state index in [1.165, 1.54) is 31.2 Å². The number of benzene rings is 1. The first-order valence-corrected chi connectivity index (χ1v) is 6.69. The van der Waals surface area contributed by atoms with Gasteiger partial charge in [0.15, 0.2) is 0 Å². The highest BCUT2D eigenvalue weighted by molar-refractivity contribution is 7.11. The van der Waals surface area contributed by atoms with E-state index in [2.05, 4.69) is 5.32 Å². The third-order valence-electron chi connectivity index (χ3n) is 2.77. The van der Waals surface area contributed by atoms with Gasteiger partial charge in [0.25, 0.3) is 0 Å². The van der Waals surface area contributed by atoms with Crippen LogP contribution in [0.1, 0.15) is 15.4 Å². The van der Waals surface area contributed by atoms with Crippen molar-refractivity contribution in [1.29, 1.82) is 0 Å². The lowest BCUT2D eigenvalue weighted by Crippen LogP contribution is -2.25. The molecule has 2 aromatic rings. The number of carbonyl (C=O) groups is 2. The summed E-state index contributed by atoms with van der Waals surface area (Å²) in [5, 5.41) is 11.4. The highest BCUT2D eigenvalue weighted by Gasteiger charge is 2.18. The molecule has 0 spiro atoms. The topological polar surface area (TPSA) is 88.4 Å². The number of carboxylic acids is 1. The zero-order valence-corrected chi connectivity index (χ0v) is 11.7. The van der Waals surface area contributed by atoms with E-state index in [0.29, 0.717) is 17.0 Å². The summed E-state index contributed by atoms with van der Waals surface area (Å²) in [6, 6.07) is 5.17. The Hall–Kier alpha value is -2.48. The quantitative estimate of drug-likeness (QED) is 0.899. The summed E-state index contributed by atoms with van der Waals surface area (Å²) in [6.07, 6.45) is 0. The molecule has 0 aliphatic carbocycles. The molecular formula is C13H11FN2O4S. The summed E-state index contributed by atoms with van der Waals surface area (Å²) in [4.78, 5) is 33.8. The van der Waals surface area contributed by atoms with Gasteiger partial charge in [0.1, 0.15) is 17.2 Å². The number of carboxylic acid groups (broad SMARTS) is 1. The lowest BCUT2D eigenvalue weighted by Gasteiger charge is -2.07. The lowest BCUT2D eigenvalue weighted by molar-refractivity contribution is -0.116. The minimum Gasteiger partial charge on any atom is -0.477 e. The van der Waals surface area contributed by atoms with Gasteiger partial charge < -0.3 is 10.4 Å². The van der Waals surface area contributed by atoms with Crippen LogP contribution in [0, 0.1) is 12.7 Å². The van der Waals surface area contributed by atoms with Gasteiger partial charge in [0, 0.05) is 11.4 Å². The Bertz CT molecular complexity index is 749. The minimum absolute atomic E-state index is 0.0883. The van der Waals surface area contributed by atoms with Gasteiger partial charge >= 0.3 is 10.8 Å². The van der Waals surface area contributed by atoms with Gasteiger partial charge in [-0.2, -0.15) is 0 Å². The smallest absolute Gasteiger partial charge is 0.347 e. The molecule has 0 saturated carbocycles. The molecule has 6 nitrogen and oxygen atoms in total. The number of halogens is 1. The summed E-state index contributed by atoms with van der Waals surface area (Å²) in [5.74, 6) is -2.13. The number of amides is 1. The Labute approximate surface area is 122 Å². The molecule has 21 heavy (non-hydrogen) atoms. The molecule has 0 fully saturated rings. The highest BCUT2D eigenvalue weighted by Crippen LogP contribution is 2.12. The van der Waals surface area contributed by atoms with Crippen LogP contribution >= 0.6 is 11.3 Å². The molecule has 1 heterocycles. The number of hydrogen-bond donors (Lipinski definition) is 2. The van der Waals surface area contributed by atoms with Gasteiger partial charge in [-0.05, 0) is 31.2 Å². The molecule has 1 aromatic carbocycles. The van der Waals surface area contributed by atoms with E-state index in [4.69, 9.17) is 5.11 Å². The number of aromatic carboxylic acids is 1. The first-order chi connectivity index (χ1) is 9.88. The molecule has 0 saturated heterocycles. The number of thiazole rings is 1. The number of anilines is 1. The van der Waals surface area contributed by atoms with Crippen molar-refractivity contribution in [2.45, 2.75) is 13.5 Å². The van der Waals surface area contributed by atoms with Crippen LogP contribution in [0.4, 0.5) is 10.1 Å². The van der Waals surface area contributed by atoms with E-state index in [-0.39, 0.29) is 17.1 Å². The Morgan fingerprint density at radius 1 is 1.33 bits per heavy atom. The number of hydrogen-bond acceptors (Lipinski definition) is 4. The predicted molar refractivity (Wildman–Crippen MR) is 75.3 cm³/mol. The maximum atomic E-state index is 12.7. The van der Waals surface area contributed by atoms with Crippen molar-refractivity contribution < 1.29 is 19.1 Å². The van der Waals surface area contributed by atoms with Crippen molar-refractivity contribution in [3.8, 4) is 0 Å². The van der Waals surface area contributed by atoms with E-state index >= 15 is 0 Å². The summed E-state index contributed by atoms with van der Waals surface area (Å²) in [6.45, 7) is 1.17. The average Bonchev–Trinajstić information content (AvgIpc) is 2.69. The van der Waals surface area contributed by atoms with Crippen LogP contribution in [0.2, 0.25) is 0 Å². The fourth-order valence-electron chi connectivity index (χ4n) is 1.73. The van der Waals surface area contributed by atoms with Crippen LogP contribution < -0.4 is 10.2 Å². The normalized spacial score (nSPS) is 10.4. The van der Waals surface area contributed by atoms with Crippen LogP contribution in [0.25, 0.3) is 0 Å². The molecule has 0 radical (unpaired) electrons. The Balaban J connectivity index is 2.15. The van der Waals surface area contributed by atoms with E-state index in [1.54, 1.807) is 0 Å². The summed E-state index contributed by atoms with van der Waals surface area (Å²) < 4.78 is 13.8. The molecule has 2 N–H and O–H groups in total. The van der Waals surface area contributed by atoms with Crippen molar-refractivity contribution in [3.63, 3.8) is 0 Å². The minimum atomic E-state index is -1.20. The number of nitrogens with one attached hydrogen (secondary N) is 1. The van der Waals surface area contributed by atoms with Crippen molar-refractivity contribution in [3.05, 3.63) is 50.3 Å². The van der Waals surface area contributed by atoms with Crippen molar-refractivity contribution in [2.24, 2.45) is 0 Å². The number of carbonyl (C=O) groups excluding carboxylic acids is 1. The maximum Gasteiger partial charge on any atom is 0.347 e. The van der Waals surface area contributed by atoms with Gasteiger partial charge in [-0.3, -0.25) is 14.2 Å². The van der Waals surface area contributed by atoms with Gasteiger partial charge in [0.05, 0.1) is 0 Å². The van der Waals surface area contributed by atoms with Gasteiger partial charge in [0.2, 0.25) is 5.91 Å². The van der Waals surface area contributed by atoms with Crippen molar-refractivity contribution in [2.75, 3.05) is 5.32 Å². The second-order valence-electron chi connectivity index (χ2n) is 4.23. The molecule has 0 aliphatic rings. The number of aromatic nitrogens is 1. The number of rotatable bonds is 4. The fourth-order valence-corrected chi connectivity index (χ4v) is 2.57. The molecule has 110 valence electrons. The summed E-state index contributed by atoms with van der Waals surface area (Å²) in [5.41, 5.74) is 0.618. The third kappa shape index (κ3) is 3.34.